The van der Waals surface area contributed by atoms with Crippen LogP contribution in [0.2, 0.25) is 0 Å². The number of hydrogen-bond acceptors (Lipinski definition) is 4. The van der Waals surface area contributed by atoms with Crippen LogP contribution in [0.15, 0.2) is 24.3 Å². The maximum absolute atomic E-state index is 10.9. The fraction of sp³-hybridized carbons (Fsp3) is 0.250. The van der Waals surface area contributed by atoms with E-state index in [9.17, 15) is 8.28 Å². The lowest BCUT2D eigenvalue weighted by Crippen LogP contribution is -2.02. The Kier molecular flexibility index (Phi) is 4.77. The molecule has 0 aliphatic rings. The quantitative estimate of drug-likeness (QED) is 0.508. The number of benzene rings is 1. The van der Waals surface area contributed by atoms with Gasteiger partial charge in [-0.1, -0.05) is 0 Å². The van der Waals surface area contributed by atoms with Crippen LogP contribution in [-0.4, -0.2) is 18.3 Å². The van der Waals surface area contributed by atoms with Gasteiger partial charge in [-0.3, -0.25) is 0 Å². The summed E-state index contributed by atoms with van der Waals surface area (Å²) in [5.74, 6) is 0.570. The minimum Gasteiger partial charge on any atom is -0.748 e. The molecule has 0 aliphatic carbocycles. The number of nitrogens with zero attached hydrogens (tertiary/aromatic N) is 1. The van der Waals surface area contributed by atoms with Gasteiger partial charge in [0.25, 0.3) is 21.5 Å². The summed E-state index contributed by atoms with van der Waals surface area (Å²) >= 11 is -1.71. The second kappa shape index (κ2) is 5.89. The molecule has 0 unspecified atom stereocenters. The van der Waals surface area contributed by atoms with Crippen LogP contribution in [0.3, 0.4) is 0 Å². The Balaban J connectivity index is 2.63. The molecule has 1 N–H and O–H groups in total. The number of hydrogen-bond donors (Lipinski definition) is 1. The molecular formula is C8H9INO4-. The first-order valence-electron chi connectivity index (χ1n) is 3.86. The number of aliphatic hydroxyl groups excluding tert-OH is 1. The van der Waals surface area contributed by atoms with Crippen molar-refractivity contribution in [2.45, 2.75) is 0 Å². The van der Waals surface area contributed by atoms with Gasteiger partial charge >= 0.3 is 0 Å². The van der Waals surface area contributed by atoms with Gasteiger partial charge in [-0.2, -0.15) is 0 Å². The molecular weight excluding hydrogens is 301 g/mol. The molecule has 0 amide bonds. The summed E-state index contributed by atoms with van der Waals surface area (Å²) in [6.45, 7) is 0.163. The highest BCUT2D eigenvalue weighted by Crippen LogP contribution is 2.22. The summed E-state index contributed by atoms with van der Waals surface area (Å²) in [4.78, 5) is 0. The van der Waals surface area contributed by atoms with E-state index in [1.807, 2.05) is 0 Å². The maximum atomic E-state index is 10.9. The zero-order valence-corrected chi connectivity index (χ0v) is 9.38. The van der Waals surface area contributed by atoms with Gasteiger partial charge in [0.05, 0.1) is 6.61 Å². The topological polar surface area (TPSA) is 72.8 Å². The highest BCUT2D eigenvalue weighted by molar-refractivity contribution is 14.1. The van der Waals surface area contributed by atoms with Crippen molar-refractivity contribution in [2.24, 2.45) is 0 Å². The molecule has 0 spiro atoms. The smallest absolute Gasteiger partial charge is 0.262 e. The first kappa shape index (κ1) is 11.3. The summed E-state index contributed by atoms with van der Waals surface area (Å²) in [6, 6.07) is 6.24. The van der Waals surface area contributed by atoms with E-state index in [1.54, 1.807) is 12.1 Å². The van der Waals surface area contributed by atoms with Crippen LogP contribution in [0.25, 0.3) is 0 Å². The number of halogens is 1. The molecule has 1 aromatic rings. The molecule has 0 aliphatic heterocycles. The van der Waals surface area contributed by atoms with Gasteiger partial charge in [-0.15, -0.1) is 0 Å². The Labute approximate surface area is 91.9 Å². The number of aliphatic hydroxyl groups is 1. The highest BCUT2D eigenvalue weighted by Gasteiger charge is 1.96. The molecule has 0 aromatic heterocycles. The summed E-state index contributed by atoms with van der Waals surface area (Å²) in [7, 11) is 0. The van der Waals surface area contributed by atoms with E-state index in [1.165, 1.54) is 12.1 Å². The van der Waals surface area contributed by atoms with Crippen LogP contribution < -0.4 is 8.01 Å². The van der Waals surface area contributed by atoms with Gasteiger partial charge in [0, 0.05) is 5.69 Å². The van der Waals surface area contributed by atoms with Crippen LogP contribution in [0.1, 0.15) is 0 Å². The maximum Gasteiger partial charge on any atom is 0.262 e. The molecule has 14 heavy (non-hydrogen) atoms. The second-order valence-corrected chi connectivity index (χ2v) is 3.65. The van der Waals surface area contributed by atoms with E-state index in [-0.39, 0.29) is 13.2 Å². The monoisotopic (exact) mass is 310 g/mol. The third-order valence-corrected chi connectivity index (χ3v) is 2.38. The molecule has 0 heterocycles. The molecule has 0 saturated carbocycles. The van der Waals surface area contributed by atoms with Crippen molar-refractivity contribution in [1.82, 2.24) is 0 Å². The average molecular weight is 310 g/mol. The summed E-state index contributed by atoms with van der Waals surface area (Å²) in [5, 5.41) is 19.4. The van der Waals surface area contributed by atoms with Gasteiger partial charge < -0.3 is 18.3 Å². The van der Waals surface area contributed by atoms with Crippen LogP contribution in [0.4, 0.5) is 5.69 Å². The van der Waals surface area contributed by atoms with Crippen molar-refractivity contribution in [2.75, 3.05) is 16.5 Å². The summed E-state index contributed by atoms with van der Waals surface area (Å²) < 4.78 is 15.9. The zero-order chi connectivity index (χ0) is 10.4. The molecule has 1 aromatic carbocycles. The molecule has 78 valence electrons. The molecule has 0 bridgehead atoms. The predicted octanol–water partition coefficient (Wildman–Crippen LogP) is 1.59. The first-order chi connectivity index (χ1) is 6.77. The van der Waals surface area contributed by atoms with E-state index in [4.69, 9.17) is 9.84 Å². The largest absolute Gasteiger partial charge is 0.748 e. The van der Waals surface area contributed by atoms with Crippen molar-refractivity contribution >= 4 is 27.2 Å². The van der Waals surface area contributed by atoms with Crippen LogP contribution >= 0.6 is 21.5 Å². The van der Waals surface area contributed by atoms with E-state index < -0.39 is 21.5 Å². The Morgan fingerprint density at radius 3 is 2.57 bits per heavy atom. The summed E-state index contributed by atoms with van der Waals surface area (Å²) in [6.07, 6.45) is 0. The number of rotatable bonds is 5. The number of ether oxygens (including phenoxy) is 1. The molecule has 0 fully saturated rings. The lowest BCUT2D eigenvalue weighted by molar-refractivity contribution is 0.201. The van der Waals surface area contributed by atoms with E-state index >= 15 is 0 Å². The molecule has 6 heteroatoms. The predicted molar refractivity (Wildman–Crippen MR) is 59.6 cm³/mol. The minimum atomic E-state index is -1.71. The van der Waals surface area contributed by atoms with Gasteiger partial charge in [-0.05, 0) is 24.3 Å². The third-order valence-electron chi connectivity index (χ3n) is 1.46. The molecule has 5 nitrogen and oxygen atoms in total. The van der Waals surface area contributed by atoms with E-state index in [2.05, 4.69) is 0 Å². The van der Waals surface area contributed by atoms with Gasteiger partial charge in [0.2, 0.25) is 0 Å². The lowest BCUT2D eigenvalue weighted by atomic mass is 10.3. The van der Waals surface area contributed by atoms with Crippen LogP contribution in [0, 0.1) is 5.21 Å². The van der Waals surface area contributed by atoms with Crippen molar-refractivity contribution in [3.63, 3.8) is 0 Å². The van der Waals surface area contributed by atoms with Gasteiger partial charge in [0.1, 0.15) is 12.4 Å². The minimum absolute atomic E-state index is 0.0541. The Hall–Kier alpha value is -0.730. The zero-order valence-electron chi connectivity index (χ0n) is 7.22. The Morgan fingerprint density at radius 2 is 2.07 bits per heavy atom. The fourth-order valence-corrected chi connectivity index (χ4v) is 1.41. The van der Waals surface area contributed by atoms with Crippen molar-refractivity contribution in [1.29, 1.82) is 0 Å². The van der Waals surface area contributed by atoms with Gasteiger partial charge in [-0.25, -0.2) is 3.07 Å². The van der Waals surface area contributed by atoms with Crippen molar-refractivity contribution in [3.05, 3.63) is 29.5 Å². The van der Waals surface area contributed by atoms with Crippen LogP contribution in [-0.2, 0) is 3.07 Å². The highest BCUT2D eigenvalue weighted by atomic mass is 127. The fourth-order valence-electron chi connectivity index (χ4n) is 0.863. The Bertz CT molecular complexity index is 290. The normalized spacial score (nSPS) is 9.86. The first-order valence-corrected chi connectivity index (χ1v) is 5.71. The molecule has 0 saturated heterocycles. The van der Waals surface area contributed by atoms with Gasteiger partial charge in [0.15, 0.2) is 0 Å². The van der Waals surface area contributed by atoms with Crippen LogP contribution in [0.5, 0.6) is 5.75 Å². The molecule has 1 rings (SSSR count). The molecule has 0 radical (unpaired) electrons. The number of anilines is 1. The third kappa shape index (κ3) is 3.20. The van der Waals surface area contributed by atoms with E-state index in [0.29, 0.717) is 14.7 Å². The molecule has 0 atom stereocenters. The Morgan fingerprint density at radius 1 is 1.43 bits per heavy atom. The van der Waals surface area contributed by atoms with Crippen molar-refractivity contribution < 1.29 is 12.9 Å². The summed E-state index contributed by atoms with van der Waals surface area (Å²) in [5.41, 5.74) is 0.351. The second-order valence-electron chi connectivity index (χ2n) is 2.38. The standard InChI is InChI=1S/C8H9INO4/c11-5-6-14-8-3-1-7(2-4-8)10(13)9-12/h1-4,11H,5-6H2/q-1. The average Bonchev–Trinajstić information content (AvgIpc) is 2.26. The van der Waals surface area contributed by atoms with E-state index in [0.717, 1.165) is 0 Å². The SMILES string of the molecule is O=IN([O-])c1ccc(OCCO)cc1. The van der Waals surface area contributed by atoms with Crippen molar-refractivity contribution in [3.8, 4) is 5.75 Å². The lowest BCUT2D eigenvalue weighted by Gasteiger charge is -2.20.